The molecule has 3 heteroatoms. The summed E-state index contributed by atoms with van der Waals surface area (Å²) in [5.74, 6) is 0. The van der Waals surface area contributed by atoms with Gasteiger partial charge >= 0.3 is 0 Å². The molecule has 0 unspecified atom stereocenters. The van der Waals surface area contributed by atoms with Gasteiger partial charge < -0.3 is 14.2 Å². The average molecular weight is 1020 g/mol. The lowest BCUT2D eigenvalue weighted by molar-refractivity contribution is 0.660. The molecule has 14 aromatic rings. The van der Waals surface area contributed by atoms with Crippen LogP contribution in [0.5, 0.6) is 0 Å². The average Bonchev–Trinajstić information content (AvgIpc) is 4.15. The van der Waals surface area contributed by atoms with Gasteiger partial charge in [0.2, 0.25) is 0 Å². The molecule has 15 rings (SSSR count). The Balaban J connectivity index is 0.974. The van der Waals surface area contributed by atoms with E-state index in [1.165, 1.54) is 44.0 Å². The van der Waals surface area contributed by atoms with Gasteiger partial charge in [-0.25, -0.2) is 0 Å². The maximum absolute atomic E-state index is 7.14. The summed E-state index contributed by atoms with van der Waals surface area (Å²) in [6.45, 7) is 4.72. The second kappa shape index (κ2) is 19.1. The van der Waals surface area contributed by atoms with Gasteiger partial charge in [-0.1, -0.05) is 232 Å². The van der Waals surface area contributed by atoms with Crippen LogP contribution in [0.1, 0.15) is 25.0 Å². The predicted molar refractivity (Wildman–Crippen MR) is 337 cm³/mol. The van der Waals surface area contributed by atoms with Crippen molar-refractivity contribution in [3.8, 4) is 55.6 Å². The fraction of sp³-hybridized carbons (Fsp3) is 0.0390. The minimum absolute atomic E-state index is 0.190. The quantitative estimate of drug-likeness (QED) is 0.127. The van der Waals surface area contributed by atoms with Crippen molar-refractivity contribution in [1.82, 2.24) is 0 Å². The zero-order valence-electron chi connectivity index (χ0n) is 44.5. The molecule has 0 fully saturated rings. The van der Waals surface area contributed by atoms with Crippen molar-refractivity contribution >= 4 is 77.6 Å². The van der Waals surface area contributed by atoms with Gasteiger partial charge in [0.25, 0.3) is 0 Å². The number of furan rings is 1. The molecule has 378 valence electrons. The SMILES string of the molecule is CC1(C)c2ccccc2-c2ccc(N(c3ccccc3)c3cc(-c4cccc(-c5cccc6c5oc5c7ccccc7c7ccccc7c65)c4)cc(N(c4ccccc4)c4ccc(-c5ccccc5)cc4-c4ccccc4)c3)cc21. The topological polar surface area (TPSA) is 19.6 Å². The Morgan fingerprint density at radius 1 is 0.263 bits per heavy atom. The van der Waals surface area contributed by atoms with Crippen LogP contribution >= 0.6 is 0 Å². The highest BCUT2D eigenvalue weighted by Crippen LogP contribution is 2.52. The molecule has 0 aliphatic heterocycles. The van der Waals surface area contributed by atoms with Gasteiger partial charge in [-0.15, -0.1) is 0 Å². The number of benzene rings is 13. The van der Waals surface area contributed by atoms with E-state index in [1.807, 2.05) is 0 Å². The Morgan fingerprint density at radius 3 is 1.52 bits per heavy atom. The number of nitrogens with zero attached hydrogens (tertiary/aromatic N) is 2. The molecule has 0 atom stereocenters. The van der Waals surface area contributed by atoms with Gasteiger partial charge in [-0.05, 0) is 145 Å². The molecule has 1 heterocycles. The summed E-state index contributed by atoms with van der Waals surface area (Å²) < 4.78 is 7.14. The van der Waals surface area contributed by atoms with Crippen molar-refractivity contribution in [1.29, 1.82) is 0 Å². The van der Waals surface area contributed by atoms with Crippen LogP contribution in [-0.2, 0) is 5.41 Å². The molecule has 3 nitrogen and oxygen atoms in total. The van der Waals surface area contributed by atoms with E-state index in [9.17, 15) is 0 Å². The van der Waals surface area contributed by atoms with E-state index < -0.39 is 0 Å². The van der Waals surface area contributed by atoms with Gasteiger partial charge in [-0.2, -0.15) is 0 Å². The fourth-order valence-corrected chi connectivity index (χ4v) is 12.8. The van der Waals surface area contributed by atoms with Gasteiger partial charge in [0.15, 0.2) is 0 Å². The molecule has 13 aromatic carbocycles. The van der Waals surface area contributed by atoms with Gasteiger partial charge in [0.05, 0.1) is 5.69 Å². The monoisotopic (exact) mass is 1020 g/mol. The van der Waals surface area contributed by atoms with E-state index in [-0.39, 0.29) is 5.41 Å². The Labute approximate surface area is 466 Å². The maximum Gasteiger partial charge on any atom is 0.143 e. The number of fused-ring (bicyclic) bond motifs is 11. The first-order chi connectivity index (χ1) is 39.4. The number of hydrogen-bond acceptors (Lipinski definition) is 3. The molecule has 80 heavy (non-hydrogen) atoms. The summed E-state index contributed by atoms with van der Waals surface area (Å²) in [6.07, 6.45) is 0. The lowest BCUT2D eigenvalue weighted by atomic mass is 9.82. The molecule has 1 aromatic heterocycles. The van der Waals surface area contributed by atoms with E-state index in [0.717, 1.165) is 100 Å². The molecule has 0 amide bonds. The third kappa shape index (κ3) is 7.81. The molecule has 1 aliphatic carbocycles. The molecule has 0 N–H and O–H groups in total. The summed E-state index contributed by atoms with van der Waals surface area (Å²) in [7, 11) is 0. The first-order valence-corrected chi connectivity index (χ1v) is 27.6. The van der Waals surface area contributed by atoms with Crippen LogP contribution in [-0.4, -0.2) is 0 Å². The van der Waals surface area contributed by atoms with Crippen molar-refractivity contribution in [2.45, 2.75) is 19.3 Å². The van der Waals surface area contributed by atoms with E-state index in [1.54, 1.807) is 0 Å². The van der Waals surface area contributed by atoms with E-state index >= 15 is 0 Å². The number of para-hydroxylation sites is 3. The Hall–Kier alpha value is -10.2. The van der Waals surface area contributed by atoms with Gasteiger partial charge in [0.1, 0.15) is 11.2 Å². The second-order valence-electron chi connectivity index (χ2n) is 21.6. The summed E-state index contributed by atoms with van der Waals surface area (Å²) in [5.41, 5.74) is 22.1. The second-order valence-corrected chi connectivity index (χ2v) is 21.6. The molecular formula is C77H54N2O. The Bertz CT molecular complexity index is 4680. The third-order valence-corrected chi connectivity index (χ3v) is 16.6. The van der Waals surface area contributed by atoms with Crippen LogP contribution in [0.4, 0.5) is 34.1 Å². The van der Waals surface area contributed by atoms with Crippen molar-refractivity contribution in [2.75, 3.05) is 9.80 Å². The normalized spacial score (nSPS) is 12.5. The van der Waals surface area contributed by atoms with Crippen LogP contribution in [0.25, 0.3) is 99.1 Å². The molecule has 0 radical (unpaired) electrons. The highest BCUT2D eigenvalue weighted by molar-refractivity contribution is 6.31. The fourth-order valence-electron chi connectivity index (χ4n) is 12.8. The number of anilines is 6. The number of hydrogen-bond donors (Lipinski definition) is 0. The first kappa shape index (κ1) is 47.0. The van der Waals surface area contributed by atoms with Crippen molar-refractivity contribution in [3.05, 3.63) is 302 Å². The van der Waals surface area contributed by atoms with Crippen LogP contribution in [0, 0.1) is 0 Å². The van der Waals surface area contributed by atoms with E-state index in [2.05, 4.69) is 315 Å². The van der Waals surface area contributed by atoms with Gasteiger partial charge in [-0.3, -0.25) is 0 Å². The first-order valence-electron chi connectivity index (χ1n) is 27.6. The van der Waals surface area contributed by atoms with Crippen LogP contribution in [0.3, 0.4) is 0 Å². The smallest absolute Gasteiger partial charge is 0.143 e. The zero-order chi connectivity index (χ0) is 53.3. The minimum atomic E-state index is -0.190. The lowest BCUT2D eigenvalue weighted by Crippen LogP contribution is -2.17. The molecular weight excluding hydrogens is 969 g/mol. The zero-order valence-corrected chi connectivity index (χ0v) is 44.5. The lowest BCUT2D eigenvalue weighted by Gasteiger charge is -2.32. The minimum Gasteiger partial charge on any atom is -0.455 e. The summed E-state index contributed by atoms with van der Waals surface area (Å²) >= 11 is 0. The van der Waals surface area contributed by atoms with E-state index in [4.69, 9.17) is 4.42 Å². The number of rotatable bonds is 10. The summed E-state index contributed by atoms with van der Waals surface area (Å²) in [5, 5.41) is 7.00. The van der Waals surface area contributed by atoms with Crippen LogP contribution in [0.15, 0.2) is 296 Å². The predicted octanol–water partition coefficient (Wildman–Crippen LogP) is 21.8. The maximum atomic E-state index is 7.14. The van der Waals surface area contributed by atoms with Crippen molar-refractivity contribution in [3.63, 3.8) is 0 Å². The molecule has 1 aliphatic rings. The molecule has 0 saturated carbocycles. The Morgan fingerprint density at radius 2 is 0.787 bits per heavy atom. The van der Waals surface area contributed by atoms with Crippen LogP contribution in [0.2, 0.25) is 0 Å². The van der Waals surface area contributed by atoms with Crippen LogP contribution < -0.4 is 9.80 Å². The molecule has 0 saturated heterocycles. The summed E-state index contributed by atoms with van der Waals surface area (Å²) in [4.78, 5) is 4.89. The highest BCUT2D eigenvalue weighted by atomic mass is 16.3. The van der Waals surface area contributed by atoms with E-state index in [0.29, 0.717) is 0 Å². The van der Waals surface area contributed by atoms with Crippen molar-refractivity contribution in [2.24, 2.45) is 0 Å². The molecule has 0 spiro atoms. The standard InChI is InChI=1S/C77H54N2O/c1-77(2)71-40-20-19-35-65(71)66-43-42-59(50-72(66)77)78(57-29-11-5-12-30-57)60-46-56(47-61(49-60)79(58-31-13-6-14-32-58)73-44-41-54(51-23-7-3-8-24-51)48-70(73)52-25-9-4-10-26-52)53-27-21-28-55(45-53)62-38-22-39-69-74-67-36-17-15-33-63(67)64-34-16-18-37-68(64)76(74)80-75(62)69/h3-50H,1-2H3. The Kier molecular flexibility index (Phi) is 11.2. The largest absolute Gasteiger partial charge is 0.455 e. The summed E-state index contributed by atoms with van der Waals surface area (Å²) in [6, 6.07) is 106. The third-order valence-electron chi connectivity index (χ3n) is 16.6. The molecule has 0 bridgehead atoms. The van der Waals surface area contributed by atoms with Gasteiger partial charge in [0, 0.05) is 61.1 Å². The van der Waals surface area contributed by atoms with Crippen molar-refractivity contribution < 1.29 is 4.42 Å². The highest BCUT2D eigenvalue weighted by Gasteiger charge is 2.36.